The van der Waals surface area contributed by atoms with E-state index in [1.54, 1.807) is 0 Å². The summed E-state index contributed by atoms with van der Waals surface area (Å²) in [6.07, 6.45) is 4.23. The average molecular weight is 389 g/mol. The summed E-state index contributed by atoms with van der Waals surface area (Å²) in [5.41, 5.74) is 2.86. The number of carbonyl (C=O) groups excluding carboxylic acids is 2. The van der Waals surface area contributed by atoms with Crippen LogP contribution in [0.4, 0.5) is 16.2 Å². The SMILES string of the molecule is CC(C)NC(=O)N(Cc1cc(NC(=O)C2CCCC2)ccc1N(C)C)C(C)C. The third-order valence-electron chi connectivity index (χ3n) is 5.19. The number of hydrogen-bond donors (Lipinski definition) is 2. The van der Waals surface area contributed by atoms with Crippen molar-refractivity contribution in [2.75, 3.05) is 24.3 Å². The third-order valence-corrected chi connectivity index (χ3v) is 5.19. The lowest BCUT2D eigenvalue weighted by Crippen LogP contribution is -2.46. The van der Waals surface area contributed by atoms with Gasteiger partial charge in [0.25, 0.3) is 0 Å². The van der Waals surface area contributed by atoms with Crippen LogP contribution in [0.3, 0.4) is 0 Å². The molecule has 0 atom stereocenters. The molecule has 1 aliphatic carbocycles. The largest absolute Gasteiger partial charge is 0.377 e. The fraction of sp³-hybridized carbons (Fsp3) is 0.636. The van der Waals surface area contributed by atoms with Gasteiger partial charge in [-0.05, 0) is 64.3 Å². The van der Waals surface area contributed by atoms with E-state index in [1.807, 2.05) is 69.8 Å². The molecule has 3 amide bonds. The van der Waals surface area contributed by atoms with Crippen molar-refractivity contribution in [2.24, 2.45) is 5.92 Å². The van der Waals surface area contributed by atoms with Gasteiger partial charge in [0.15, 0.2) is 0 Å². The minimum atomic E-state index is -0.0740. The lowest BCUT2D eigenvalue weighted by atomic mass is 10.1. The molecule has 1 aliphatic rings. The molecule has 0 aliphatic heterocycles. The van der Waals surface area contributed by atoms with Gasteiger partial charge in [-0.1, -0.05) is 12.8 Å². The van der Waals surface area contributed by atoms with Crippen molar-refractivity contribution in [2.45, 2.75) is 72.0 Å². The van der Waals surface area contributed by atoms with Crippen LogP contribution in [0.2, 0.25) is 0 Å². The Kier molecular flexibility index (Phi) is 7.72. The van der Waals surface area contributed by atoms with E-state index in [-0.39, 0.29) is 29.9 Å². The highest BCUT2D eigenvalue weighted by Gasteiger charge is 2.24. The molecule has 0 heterocycles. The minimum Gasteiger partial charge on any atom is -0.377 e. The maximum absolute atomic E-state index is 12.6. The molecular formula is C22H36N4O2. The molecule has 1 aromatic carbocycles. The Morgan fingerprint density at radius 1 is 1.11 bits per heavy atom. The predicted molar refractivity (Wildman–Crippen MR) is 116 cm³/mol. The molecule has 2 N–H and O–H groups in total. The molecule has 1 saturated carbocycles. The van der Waals surface area contributed by atoms with Gasteiger partial charge in [0.1, 0.15) is 0 Å². The predicted octanol–water partition coefficient (Wildman–Crippen LogP) is 4.21. The molecule has 0 aromatic heterocycles. The van der Waals surface area contributed by atoms with Crippen LogP contribution in [-0.4, -0.2) is 43.0 Å². The first-order valence-electron chi connectivity index (χ1n) is 10.4. The van der Waals surface area contributed by atoms with Gasteiger partial charge in [-0.2, -0.15) is 0 Å². The monoisotopic (exact) mass is 388 g/mol. The molecular weight excluding hydrogens is 352 g/mol. The van der Waals surface area contributed by atoms with Gasteiger partial charge in [0, 0.05) is 50.0 Å². The van der Waals surface area contributed by atoms with Crippen LogP contribution in [0, 0.1) is 5.92 Å². The van der Waals surface area contributed by atoms with Crippen LogP contribution in [0.1, 0.15) is 58.9 Å². The summed E-state index contributed by atoms with van der Waals surface area (Å²) >= 11 is 0. The van der Waals surface area contributed by atoms with Gasteiger partial charge in [-0.15, -0.1) is 0 Å². The number of benzene rings is 1. The van der Waals surface area contributed by atoms with Crippen molar-refractivity contribution in [1.82, 2.24) is 10.2 Å². The van der Waals surface area contributed by atoms with Crippen molar-refractivity contribution in [3.05, 3.63) is 23.8 Å². The number of hydrogen-bond acceptors (Lipinski definition) is 3. The molecule has 156 valence electrons. The second kappa shape index (κ2) is 9.80. The molecule has 0 spiro atoms. The van der Waals surface area contributed by atoms with Crippen molar-refractivity contribution in [3.63, 3.8) is 0 Å². The van der Waals surface area contributed by atoms with Crippen LogP contribution in [0.15, 0.2) is 18.2 Å². The minimum absolute atomic E-state index is 0.0606. The second-order valence-electron chi connectivity index (χ2n) is 8.53. The summed E-state index contributed by atoms with van der Waals surface area (Å²) in [5, 5.41) is 6.06. The molecule has 28 heavy (non-hydrogen) atoms. The van der Waals surface area contributed by atoms with Crippen molar-refractivity contribution >= 4 is 23.3 Å². The molecule has 6 heteroatoms. The maximum Gasteiger partial charge on any atom is 0.318 e. The summed E-state index contributed by atoms with van der Waals surface area (Å²) in [6.45, 7) is 8.43. The number of nitrogens with zero attached hydrogens (tertiary/aromatic N) is 2. The van der Waals surface area contributed by atoms with Crippen molar-refractivity contribution < 1.29 is 9.59 Å². The van der Waals surface area contributed by atoms with E-state index in [0.29, 0.717) is 6.54 Å². The van der Waals surface area contributed by atoms with Crippen LogP contribution >= 0.6 is 0 Å². The number of urea groups is 1. The average Bonchev–Trinajstić information content (AvgIpc) is 3.13. The fourth-order valence-electron chi connectivity index (χ4n) is 3.66. The first-order chi connectivity index (χ1) is 13.2. The molecule has 2 rings (SSSR count). The highest BCUT2D eigenvalue weighted by molar-refractivity contribution is 5.93. The second-order valence-corrected chi connectivity index (χ2v) is 8.53. The van der Waals surface area contributed by atoms with Gasteiger partial charge in [0.05, 0.1) is 0 Å². The zero-order valence-corrected chi connectivity index (χ0v) is 18.2. The Morgan fingerprint density at radius 3 is 2.29 bits per heavy atom. The van der Waals surface area contributed by atoms with E-state index in [1.165, 1.54) is 0 Å². The van der Waals surface area contributed by atoms with Crippen LogP contribution in [0.25, 0.3) is 0 Å². The molecule has 0 bridgehead atoms. The summed E-state index contributed by atoms with van der Waals surface area (Å²) < 4.78 is 0. The Bertz CT molecular complexity index is 679. The quantitative estimate of drug-likeness (QED) is 0.735. The summed E-state index contributed by atoms with van der Waals surface area (Å²) in [4.78, 5) is 29.0. The topological polar surface area (TPSA) is 64.7 Å². The van der Waals surface area contributed by atoms with Gasteiger partial charge in [0.2, 0.25) is 5.91 Å². The van der Waals surface area contributed by atoms with Gasteiger partial charge >= 0.3 is 6.03 Å². The number of anilines is 2. The lowest BCUT2D eigenvalue weighted by molar-refractivity contribution is -0.119. The Morgan fingerprint density at radius 2 is 1.75 bits per heavy atom. The van der Waals surface area contributed by atoms with Crippen LogP contribution in [0.5, 0.6) is 0 Å². The molecule has 6 nitrogen and oxygen atoms in total. The summed E-state index contributed by atoms with van der Waals surface area (Å²) in [5.74, 6) is 0.236. The molecule has 0 radical (unpaired) electrons. The number of nitrogens with one attached hydrogen (secondary N) is 2. The molecule has 0 unspecified atom stereocenters. The Labute approximate surface area is 169 Å². The van der Waals surface area contributed by atoms with E-state index < -0.39 is 0 Å². The first-order valence-corrected chi connectivity index (χ1v) is 10.4. The van der Waals surface area contributed by atoms with E-state index in [0.717, 1.165) is 42.6 Å². The molecule has 1 aromatic rings. The van der Waals surface area contributed by atoms with E-state index >= 15 is 0 Å². The fourth-order valence-corrected chi connectivity index (χ4v) is 3.66. The van der Waals surface area contributed by atoms with Gasteiger partial charge in [-0.25, -0.2) is 4.79 Å². The maximum atomic E-state index is 12.6. The zero-order chi connectivity index (χ0) is 20.8. The van der Waals surface area contributed by atoms with Crippen molar-refractivity contribution in [3.8, 4) is 0 Å². The first kappa shape index (κ1) is 22.1. The van der Waals surface area contributed by atoms with E-state index in [9.17, 15) is 9.59 Å². The van der Waals surface area contributed by atoms with Crippen LogP contribution in [-0.2, 0) is 11.3 Å². The normalized spacial score (nSPS) is 14.4. The lowest BCUT2D eigenvalue weighted by Gasteiger charge is -2.30. The van der Waals surface area contributed by atoms with E-state index in [4.69, 9.17) is 0 Å². The zero-order valence-electron chi connectivity index (χ0n) is 18.2. The number of carbonyl (C=O) groups is 2. The summed E-state index contributed by atoms with van der Waals surface area (Å²) in [7, 11) is 3.98. The van der Waals surface area contributed by atoms with Gasteiger partial charge < -0.3 is 20.4 Å². The van der Waals surface area contributed by atoms with E-state index in [2.05, 4.69) is 10.6 Å². The smallest absolute Gasteiger partial charge is 0.318 e. The van der Waals surface area contributed by atoms with Crippen LogP contribution < -0.4 is 15.5 Å². The molecule has 0 saturated heterocycles. The van der Waals surface area contributed by atoms with Crippen molar-refractivity contribution in [1.29, 1.82) is 0 Å². The Balaban J connectivity index is 2.23. The third kappa shape index (κ3) is 5.88. The summed E-state index contributed by atoms with van der Waals surface area (Å²) in [6, 6.07) is 6.03. The van der Waals surface area contributed by atoms with Gasteiger partial charge in [-0.3, -0.25) is 4.79 Å². The number of rotatable bonds is 7. The highest BCUT2D eigenvalue weighted by atomic mass is 16.2. The molecule has 1 fully saturated rings. The highest BCUT2D eigenvalue weighted by Crippen LogP contribution is 2.28. The number of amides is 3. The Hall–Kier alpha value is -2.24. The standard InChI is InChI=1S/C22H36N4O2/c1-15(2)23-22(28)26(16(3)4)14-18-13-19(11-12-20(18)25(5)6)24-21(27)17-9-7-8-10-17/h11-13,15-17H,7-10,14H2,1-6H3,(H,23,28)(H,24,27).